The summed E-state index contributed by atoms with van der Waals surface area (Å²) < 4.78 is 12.9. The van der Waals surface area contributed by atoms with Gasteiger partial charge in [0.05, 0.1) is 30.8 Å². The first kappa shape index (κ1) is 25.5. The molecule has 4 rings (SSSR count). The molecule has 0 fully saturated rings. The van der Waals surface area contributed by atoms with E-state index in [-0.39, 0.29) is 38.4 Å². The molecule has 2 amide bonds. The molecule has 4 aromatic rings. The maximum absolute atomic E-state index is 13.2. The molecule has 192 valence electrons. The number of para-hydroxylation sites is 2. The van der Waals surface area contributed by atoms with Crippen LogP contribution in [0.5, 0.6) is 5.75 Å². The predicted molar refractivity (Wildman–Crippen MR) is 137 cm³/mol. The number of hydrogen-bond donors (Lipinski definition) is 2. The van der Waals surface area contributed by atoms with Crippen LogP contribution in [0, 0.1) is 0 Å². The fraction of sp³-hybridized carbons (Fsp3) is 0.259. The molecule has 0 radical (unpaired) electrons. The molecule has 0 saturated heterocycles. The van der Waals surface area contributed by atoms with Crippen LogP contribution in [-0.4, -0.2) is 28.1 Å². The number of ether oxygens (including phenoxy) is 1. The first-order chi connectivity index (χ1) is 18.0. The van der Waals surface area contributed by atoms with E-state index in [0.717, 1.165) is 10.1 Å². The maximum Gasteiger partial charge on any atom is 0.331 e. The van der Waals surface area contributed by atoms with Crippen LogP contribution in [0.3, 0.4) is 0 Å². The Hall–Kier alpha value is -4.60. The Bertz CT molecular complexity index is 1500. The zero-order chi connectivity index (χ0) is 26.2. The van der Waals surface area contributed by atoms with Crippen molar-refractivity contribution in [2.45, 2.75) is 39.0 Å². The van der Waals surface area contributed by atoms with Gasteiger partial charge in [0.2, 0.25) is 11.8 Å². The highest BCUT2D eigenvalue weighted by Crippen LogP contribution is 2.16. The number of aromatic nitrogens is 2. The highest BCUT2D eigenvalue weighted by Gasteiger charge is 2.16. The largest absolute Gasteiger partial charge is 0.496 e. The van der Waals surface area contributed by atoms with E-state index < -0.39 is 17.2 Å². The summed E-state index contributed by atoms with van der Waals surface area (Å²) in [6, 6.07) is 17.5. The lowest BCUT2D eigenvalue weighted by molar-refractivity contribution is -0.122. The van der Waals surface area contributed by atoms with Crippen molar-refractivity contribution < 1.29 is 18.7 Å². The number of carbonyl (C=O) groups is 2. The topological polar surface area (TPSA) is 125 Å². The average Bonchev–Trinajstić information content (AvgIpc) is 3.44. The summed E-state index contributed by atoms with van der Waals surface area (Å²) in [6.07, 6.45) is 1.90. The molecule has 0 bridgehead atoms. The molecule has 0 aliphatic heterocycles. The van der Waals surface area contributed by atoms with E-state index in [1.807, 2.05) is 24.3 Å². The molecule has 0 aliphatic rings. The smallest absolute Gasteiger partial charge is 0.331 e. The van der Waals surface area contributed by atoms with Gasteiger partial charge in [-0.3, -0.25) is 23.5 Å². The first-order valence-electron chi connectivity index (χ1n) is 11.9. The van der Waals surface area contributed by atoms with Crippen LogP contribution in [0.2, 0.25) is 0 Å². The average molecular weight is 505 g/mol. The molecule has 37 heavy (non-hydrogen) atoms. The van der Waals surface area contributed by atoms with E-state index in [4.69, 9.17) is 9.15 Å². The molecule has 0 aliphatic carbocycles. The van der Waals surface area contributed by atoms with Crippen LogP contribution < -0.4 is 26.6 Å². The minimum atomic E-state index is -0.605. The molecular weight excluding hydrogens is 476 g/mol. The molecule has 0 unspecified atom stereocenters. The van der Waals surface area contributed by atoms with Crippen LogP contribution in [0.1, 0.15) is 24.2 Å². The van der Waals surface area contributed by atoms with Gasteiger partial charge in [0.15, 0.2) is 0 Å². The summed E-state index contributed by atoms with van der Waals surface area (Å²) in [5.41, 5.74) is 0.155. The van der Waals surface area contributed by atoms with Gasteiger partial charge in [-0.1, -0.05) is 30.3 Å². The Labute approximate surface area is 212 Å². The second kappa shape index (κ2) is 11.9. The standard InChI is InChI=1S/C27H28N4O6/c1-36-23-12-5-2-8-19(23)16-28-24(32)13-6-14-30-26(34)21-10-3-4-11-22(21)31(27(30)35)18-25(33)29-17-20-9-7-15-37-20/h2-5,7-12,15H,6,13-14,16-18H2,1H3,(H,28,32)(H,29,33). The maximum atomic E-state index is 13.2. The Morgan fingerprint density at radius 3 is 2.43 bits per heavy atom. The van der Waals surface area contributed by atoms with E-state index >= 15 is 0 Å². The van der Waals surface area contributed by atoms with E-state index in [2.05, 4.69) is 10.6 Å². The monoisotopic (exact) mass is 504 g/mol. The second-order valence-electron chi connectivity index (χ2n) is 8.39. The minimum Gasteiger partial charge on any atom is -0.496 e. The van der Waals surface area contributed by atoms with Crippen molar-refractivity contribution in [3.8, 4) is 5.75 Å². The summed E-state index contributed by atoms with van der Waals surface area (Å²) in [5.74, 6) is 0.653. The number of carbonyl (C=O) groups excluding carboxylic acids is 2. The number of nitrogens with one attached hydrogen (secondary N) is 2. The normalized spacial score (nSPS) is 10.8. The molecular formula is C27H28N4O6. The fourth-order valence-corrected chi connectivity index (χ4v) is 4.05. The van der Waals surface area contributed by atoms with E-state index in [0.29, 0.717) is 29.0 Å². The number of fused-ring (bicyclic) bond motifs is 1. The van der Waals surface area contributed by atoms with E-state index in [1.165, 1.54) is 10.8 Å². The van der Waals surface area contributed by atoms with Gasteiger partial charge in [0.1, 0.15) is 18.1 Å². The third kappa shape index (κ3) is 6.16. The molecule has 0 spiro atoms. The molecule has 2 aromatic heterocycles. The molecule has 0 atom stereocenters. The van der Waals surface area contributed by atoms with E-state index in [1.54, 1.807) is 43.5 Å². The van der Waals surface area contributed by atoms with Crippen molar-refractivity contribution in [3.05, 3.63) is 99.1 Å². The molecule has 10 nitrogen and oxygen atoms in total. The van der Waals surface area contributed by atoms with Gasteiger partial charge in [0, 0.05) is 25.1 Å². The van der Waals surface area contributed by atoms with Gasteiger partial charge in [-0.25, -0.2) is 4.79 Å². The Kier molecular flexibility index (Phi) is 8.19. The van der Waals surface area contributed by atoms with Gasteiger partial charge in [-0.2, -0.15) is 0 Å². The summed E-state index contributed by atoms with van der Waals surface area (Å²) in [6.45, 7) is 0.263. The van der Waals surface area contributed by atoms with Gasteiger partial charge >= 0.3 is 5.69 Å². The van der Waals surface area contributed by atoms with Crippen molar-refractivity contribution in [2.24, 2.45) is 0 Å². The second-order valence-corrected chi connectivity index (χ2v) is 8.39. The first-order valence-corrected chi connectivity index (χ1v) is 11.9. The lowest BCUT2D eigenvalue weighted by Crippen LogP contribution is -2.42. The van der Waals surface area contributed by atoms with Crippen molar-refractivity contribution >= 4 is 22.7 Å². The molecule has 2 aromatic carbocycles. The van der Waals surface area contributed by atoms with Gasteiger partial charge in [0.25, 0.3) is 5.56 Å². The van der Waals surface area contributed by atoms with Crippen LogP contribution >= 0.6 is 0 Å². The molecule has 2 N–H and O–H groups in total. The Balaban J connectivity index is 1.44. The van der Waals surface area contributed by atoms with Gasteiger partial charge in [-0.15, -0.1) is 0 Å². The molecule has 10 heteroatoms. The van der Waals surface area contributed by atoms with Crippen molar-refractivity contribution in [3.63, 3.8) is 0 Å². The van der Waals surface area contributed by atoms with Crippen LogP contribution in [0.25, 0.3) is 10.9 Å². The third-order valence-corrected chi connectivity index (χ3v) is 5.93. The minimum absolute atomic E-state index is 0.0403. The Morgan fingerprint density at radius 1 is 0.892 bits per heavy atom. The number of nitrogens with zero attached hydrogens (tertiary/aromatic N) is 2. The third-order valence-electron chi connectivity index (χ3n) is 5.93. The van der Waals surface area contributed by atoms with Crippen molar-refractivity contribution in [1.82, 2.24) is 19.8 Å². The number of benzene rings is 2. The predicted octanol–water partition coefficient (Wildman–Crippen LogP) is 2.18. The SMILES string of the molecule is COc1ccccc1CNC(=O)CCCn1c(=O)c2ccccc2n(CC(=O)NCc2ccco2)c1=O. The number of rotatable bonds is 11. The number of furan rings is 1. The quantitative estimate of drug-likeness (QED) is 0.323. The number of methoxy groups -OCH3 is 1. The summed E-state index contributed by atoms with van der Waals surface area (Å²) in [7, 11) is 1.57. The van der Waals surface area contributed by atoms with Crippen molar-refractivity contribution in [1.29, 1.82) is 0 Å². The lowest BCUT2D eigenvalue weighted by Gasteiger charge is -2.14. The summed E-state index contributed by atoms with van der Waals surface area (Å²) in [4.78, 5) is 51.3. The Morgan fingerprint density at radius 2 is 1.65 bits per heavy atom. The van der Waals surface area contributed by atoms with Crippen LogP contribution in [-0.2, 0) is 35.8 Å². The van der Waals surface area contributed by atoms with Gasteiger partial charge < -0.3 is 19.8 Å². The van der Waals surface area contributed by atoms with Crippen molar-refractivity contribution in [2.75, 3.05) is 7.11 Å². The van der Waals surface area contributed by atoms with Gasteiger partial charge in [-0.05, 0) is 36.8 Å². The lowest BCUT2D eigenvalue weighted by atomic mass is 10.2. The zero-order valence-electron chi connectivity index (χ0n) is 20.4. The molecule has 0 saturated carbocycles. The zero-order valence-corrected chi connectivity index (χ0v) is 20.4. The summed E-state index contributed by atoms with van der Waals surface area (Å²) in [5, 5.41) is 5.86. The highest BCUT2D eigenvalue weighted by atomic mass is 16.5. The van der Waals surface area contributed by atoms with Crippen LogP contribution in [0.15, 0.2) is 80.9 Å². The fourth-order valence-electron chi connectivity index (χ4n) is 4.05. The number of hydrogen-bond acceptors (Lipinski definition) is 6. The van der Waals surface area contributed by atoms with Crippen LogP contribution in [0.4, 0.5) is 0 Å². The van der Waals surface area contributed by atoms with E-state index in [9.17, 15) is 19.2 Å². The summed E-state index contributed by atoms with van der Waals surface area (Å²) >= 11 is 0. The number of amides is 2. The highest BCUT2D eigenvalue weighted by molar-refractivity contribution is 5.81. The molecule has 2 heterocycles.